The van der Waals surface area contributed by atoms with E-state index in [1.807, 2.05) is 37.1 Å². The minimum absolute atomic E-state index is 0.170. The SMILES string of the molecule is Cc1cccc(N(C)c2nc(N)nc(-n3ccnc3)n2)c1. The third-order valence-corrected chi connectivity index (χ3v) is 3.05. The molecule has 0 aliphatic carbocycles. The van der Waals surface area contributed by atoms with Crippen LogP contribution >= 0.6 is 0 Å². The first kappa shape index (κ1) is 13.0. The van der Waals surface area contributed by atoms with Gasteiger partial charge < -0.3 is 10.6 Å². The summed E-state index contributed by atoms with van der Waals surface area (Å²) in [6.07, 6.45) is 5.03. The highest BCUT2D eigenvalue weighted by Crippen LogP contribution is 2.21. The molecule has 7 nitrogen and oxygen atoms in total. The summed E-state index contributed by atoms with van der Waals surface area (Å²) in [4.78, 5) is 18.6. The normalized spacial score (nSPS) is 10.6. The highest BCUT2D eigenvalue weighted by molar-refractivity contribution is 5.58. The number of aromatic nitrogens is 5. The maximum Gasteiger partial charge on any atom is 0.241 e. The first-order valence-electron chi connectivity index (χ1n) is 6.44. The zero-order chi connectivity index (χ0) is 14.8. The maximum absolute atomic E-state index is 5.79. The van der Waals surface area contributed by atoms with Gasteiger partial charge in [0.25, 0.3) is 0 Å². The Hall–Kier alpha value is -2.96. The number of nitrogens with two attached hydrogens (primary N) is 1. The Labute approximate surface area is 122 Å². The van der Waals surface area contributed by atoms with Crippen molar-refractivity contribution in [3.05, 3.63) is 48.5 Å². The van der Waals surface area contributed by atoms with Gasteiger partial charge in [0.2, 0.25) is 17.8 Å². The fraction of sp³-hybridized carbons (Fsp3) is 0.143. The number of imidazole rings is 1. The molecule has 0 fully saturated rings. The number of nitrogen functional groups attached to an aromatic ring is 1. The lowest BCUT2D eigenvalue weighted by atomic mass is 10.2. The number of hydrogen-bond donors (Lipinski definition) is 1. The van der Waals surface area contributed by atoms with E-state index in [1.165, 1.54) is 0 Å². The molecule has 0 radical (unpaired) electrons. The molecule has 106 valence electrons. The van der Waals surface area contributed by atoms with E-state index in [4.69, 9.17) is 5.73 Å². The molecule has 21 heavy (non-hydrogen) atoms. The van der Waals surface area contributed by atoms with E-state index in [0.29, 0.717) is 11.9 Å². The molecule has 0 aliphatic rings. The second-order valence-electron chi connectivity index (χ2n) is 4.66. The molecular formula is C14H15N7. The van der Waals surface area contributed by atoms with Gasteiger partial charge in [-0.15, -0.1) is 0 Å². The van der Waals surface area contributed by atoms with E-state index in [1.54, 1.807) is 23.3 Å². The van der Waals surface area contributed by atoms with E-state index in [0.717, 1.165) is 11.3 Å². The van der Waals surface area contributed by atoms with Crippen LogP contribution in [0.4, 0.5) is 17.6 Å². The van der Waals surface area contributed by atoms with Crippen LogP contribution in [0.2, 0.25) is 0 Å². The van der Waals surface area contributed by atoms with Crippen LogP contribution in [0.5, 0.6) is 0 Å². The van der Waals surface area contributed by atoms with Gasteiger partial charge in [0.1, 0.15) is 6.33 Å². The number of nitrogens with zero attached hydrogens (tertiary/aromatic N) is 6. The molecule has 0 amide bonds. The van der Waals surface area contributed by atoms with E-state index in [9.17, 15) is 0 Å². The number of anilines is 3. The standard InChI is InChI=1S/C14H15N7/c1-10-4-3-5-11(8-10)20(2)13-17-12(15)18-14(19-13)21-7-6-16-9-21/h3-9H,1-2H3,(H2,15,17,18,19). The van der Waals surface area contributed by atoms with Gasteiger partial charge in [-0.3, -0.25) is 4.57 Å². The molecule has 0 aliphatic heterocycles. The van der Waals surface area contributed by atoms with Crippen molar-refractivity contribution in [2.45, 2.75) is 6.92 Å². The summed E-state index contributed by atoms with van der Waals surface area (Å²) in [6.45, 7) is 2.04. The van der Waals surface area contributed by atoms with Crippen LogP contribution in [-0.4, -0.2) is 31.6 Å². The van der Waals surface area contributed by atoms with Crippen LogP contribution in [-0.2, 0) is 0 Å². The second kappa shape index (κ2) is 5.20. The van der Waals surface area contributed by atoms with Crippen molar-refractivity contribution in [1.29, 1.82) is 0 Å². The van der Waals surface area contributed by atoms with Gasteiger partial charge in [-0.05, 0) is 24.6 Å². The summed E-state index contributed by atoms with van der Waals surface area (Å²) in [6, 6.07) is 8.07. The van der Waals surface area contributed by atoms with E-state index in [2.05, 4.69) is 26.0 Å². The average molecular weight is 281 g/mol. The Morgan fingerprint density at radius 2 is 2.05 bits per heavy atom. The molecule has 2 aromatic heterocycles. The second-order valence-corrected chi connectivity index (χ2v) is 4.66. The topological polar surface area (TPSA) is 85.8 Å². The van der Waals surface area contributed by atoms with Crippen LogP contribution in [0, 0.1) is 6.92 Å². The molecular weight excluding hydrogens is 266 g/mol. The van der Waals surface area contributed by atoms with Crippen molar-refractivity contribution in [2.75, 3.05) is 17.7 Å². The van der Waals surface area contributed by atoms with Crippen LogP contribution in [0.3, 0.4) is 0 Å². The number of hydrogen-bond acceptors (Lipinski definition) is 6. The van der Waals surface area contributed by atoms with Crippen molar-refractivity contribution in [2.24, 2.45) is 0 Å². The van der Waals surface area contributed by atoms with Crippen molar-refractivity contribution < 1.29 is 0 Å². The number of rotatable bonds is 3. The lowest BCUT2D eigenvalue weighted by Gasteiger charge is -2.18. The van der Waals surface area contributed by atoms with Gasteiger partial charge in [-0.25, -0.2) is 4.98 Å². The zero-order valence-corrected chi connectivity index (χ0v) is 11.8. The Kier molecular flexibility index (Phi) is 3.23. The van der Waals surface area contributed by atoms with Crippen molar-refractivity contribution in [3.8, 4) is 5.95 Å². The summed E-state index contributed by atoms with van der Waals surface area (Å²) in [5.74, 6) is 1.09. The molecule has 3 aromatic rings. The first-order chi connectivity index (χ1) is 10.1. The van der Waals surface area contributed by atoms with Gasteiger partial charge in [0, 0.05) is 25.1 Å². The quantitative estimate of drug-likeness (QED) is 0.786. The van der Waals surface area contributed by atoms with Gasteiger partial charge in [-0.2, -0.15) is 15.0 Å². The summed E-state index contributed by atoms with van der Waals surface area (Å²) >= 11 is 0. The van der Waals surface area contributed by atoms with Gasteiger partial charge >= 0.3 is 0 Å². The summed E-state index contributed by atoms with van der Waals surface area (Å²) in [5, 5.41) is 0. The Bertz CT molecular complexity index is 752. The predicted molar refractivity (Wildman–Crippen MR) is 80.6 cm³/mol. The van der Waals surface area contributed by atoms with Crippen LogP contribution in [0.15, 0.2) is 43.0 Å². The fourth-order valence-corrected chi connectivity index (χ4v) is 1.96. The Morgan fingerprint density at radius 1 is 1.19 bits per heavy atom. The zero-order valence-electron chi connectivity index (χ0n) is 11.8. The van der Waals surface area contributed by atoms with Crippen LogP contribution in [0.25, 0.3) is 5.95 Å². The molecule has 1 aromatic carbocycles. The molecule has 0 saturated heterocycles. The summed E-state index contributed by atoms with van der Waals surface area (Å²) < 4.78 is 1.69. The average Bonchev–Trinajstić information content (AvgIpc) is 3.00. The smallest absolute Gasteiger partial charge is 0.241 e. The van der Waals surface area contributed by atoms with E-state index < -0.39 is 0 Å². The summed E-state index contributed by atoms with van der Waals surface area (Å²) in [5.41, 5.74) is 7.94. The Balaban J connectivity index is 2.02. The minimum atomic E-state index is 0.170. The summed E-state index contributed by atoms with van der Waals surface area (Å²) in [7, 11) is 1.89. The Morgan fingerprint density at radius 3 is 2.76 bits per heavy atom. The third kappa shape index (κ3) is 2.66. The molecule has 2 N–H and O–H groups in total. The monoisotopic (exact) mass is 281 g/mol. The minimum Gasteiger partial charge on any atom is -0.368 e. The maximum atomic E-state index is 5.79. The van der Waals surface area contributed by atoms with E-state index >= 15 is 0 Å². The van der Waals surface area contributed by atoms with Crippen molar-refractivity contribution >= 4 is 17.6 Å². The van der Waals surface area contributed by atoms with Crippen LogP contribution in [0.1, 0.15) is 5.56 Å². The third-order valence-electron chi connectivity index (χ3n) is 3.05. The lowest BCUT2D eigenvalue weighted by Crippen LogP contribution is -2.16. The van der Waals surface area contributed by atoms with Crippen molar-refractivity contribution in [1.82, 2.24) is 24.5 Å². The predicted octanol–water partition coefficient (Wildman–Crippen LogP) is 1.72. The highest BCUT2D eigenvalue weighted by atomic mass is 15.3. The van der Waals surface area contributed by atoms with Gasteiger partial charge in [0.15, 0.2) is 0 Å². The molecule has 0 unspecified atom stereocenters. The molecule has 7 heteroatoms. The van der Waals surface area contributed by atoms with Crippen molar-refractivity contribution in [3.63, 3.8) is 0 Å². The van der Waals surface area contributed by atoms with Gasteiger partial charge in [0.05, 0.1) is 0 Å². The molecule has 2 heterocycles. The molecule has 0 bridgehead atoms. The number of benzene rings is 1. The molecule has 3 rings (SSSR count). The van der Waals surface area contributed by atoms with Crippen LogP contribution < -0.4 is 10.6 Å². The molecule has 0 spiro atoms. The molecule has 0 saturated carbocycles. The number of aryl methyl sites for hydroxylation is 1. The van der Waals surface area contributed by atoms with E-state index in [-0.39, 0.29) is 5.95 Å². The molecule has 0 atom stereocenters. The largest absolute Gasteiger partial charge is 0.368 e. The lowest BCUT2D eigenvalue weighted by molar-refractivity contribution is 0.887. The fourth-order valence-electron chi connectivity index (χ4n) is 1.96. The first-order valence-corrected chi connectivity index (χ1v) is 6.44. The highest BCUT2D eigenvalue weighted by Gasteiger charge is 2.11. The van der Waals surface area contributed by atoms with Gasteiger partial charge in [-0.1, -0.05) is 12.1 Å².